The van der Waals surface area contributed by atoms with Crippen molar-refractivity contribution in [1.29, 1.82) is 0 Å². The van der Waals surface area contributed by atoms with Crippen LogP contribution in [0.5, 0.6) is 5.75 Å². The van der Waals surface area contributed by atoms with Crippen molar-refractivity contribution in [3.63, 3.8) is 0 Å². The molecular formula is C33H33FN2O4. The van der Waals surface area contributed by atoms with Crippen molar-refractivity contribution in [2.24, 2.45) is 0 Å². The summed E-state index contributed by atoms with van der Waals surface area (Å²) in [5.41, 5.74) is 5.87. The van der Waals surface area contributed by atoms with E-state index < -0.39 is 17.9 Å². The summed E-state index contributed by atoms with van der Waals surface area (Å²) in [5, 5.41) is 13.2. The molecule has 3 aromatic carbocycles. The number of nitrogens with one attached hydrogen (secondary N) is 1. The molecule has 0 aliphatic heterocycles. The van der Waals surface area contributed by atoms with Gasteiger partial charge >= 0.3 is 5.97 Å². The van der Waals surface area contributed by atoms with Crippen molar-refractivity contribution < 1.29 is 23.8 Å². The number of halogens is 1. The highest BCUT2D eigenvalue weighted by Gasteiger charge is 2.21. The Balaban J connectivity index is 1.60. The van der Waals surface area contributed by atoms with Gasteiger partial charge in [0.25, 0.3) is 12.0 Å². The second-order valence-electron chi connectivity index (χ2n) is 10.3. The number of aromatic nitrogens is 1. The summed E-state index contributed by atoms with van der Waals surface area (Å²) >= 11 is 0. The number of rotatable bonds is 9. The smallest absolute Gasteiger partial charge is 0.357 e. The number of carboxylic acids is 1. The maximum atomic E-state index is 15.3. The Kier molecular flexibility index (Phi) is 8.29. The van der Waals surface area contributed by atoms with E-state index in [1.165, 1.54) is 11.6 Å². The predicted molar refractivity (Wildman–Crippen MR) is 154 cm³/mol. The number of carbonyl (C=O) groups excluding carboxylic acids is 1. The molecule has 0 saturated heterocycles. The first-order valence-electron chi connectivity index (χ1n) is 13.1. The third-order valence-corrected chi connectivity index (χ3v) is 7.32. The van der Waals surface area contributed by atoms with E-state index in [9.17, 15) is 9.59 Å². The van der Waals surface area contributed by atoms with Gasteiger partial charge in [0.2, 0.25) is 0 Å². The fourth-order valence-electron chi connectivity index (χ4n) is 4.77. The summed E-state index contributed by atoms with van der Waals surface area (Å²) < 4.78 is 22.5. The molecule has 0 spiro atoms. The molecule has 0 aliphatic rings. The standard InChI is InChI=1S/C33H33FN2O4/c1-7-29(33(38)39)40-30-13-9-12-26(31(30)34)18-36-22(6)20(4)27-17-25(14-15-28(27)36)32(37)35-21(5)24-11-8-10-23(16-24)19(2)3/h1,8-17,19,21,29H,18H2,2-6H3,(H,35,37)(H,38,39)/t21-,29-/m0/s1. The van der Waals surface area contributed by atoms with Crippen molar-refractivity contribution in [3.05, 3.63) is 100.0 Å². The highest BCUT2D eigenvalue weighted by atomic mass is 19.1. The van der Waals surface area contributed by atoms with Gasteiger partial charge in [-0.3, -0.25) is 4.79 Å². The molecule has 1 heterocycles. The monoisotopic (exact) mass is 540 g/mol. The second-order valence-corrected chi connectivity index (χ2v) is 10.3. The highest BCUT2D eigenvalue weighted by Crippen LogP contribution is 2.30. The number of hydrogen-bond donors (Lipinski definition) is 2. The van der Waals surface area contributed by atoms with E-state index in [0.717, 1.165) is 27.7 Å². The average molecular weight is 541 g/mol. The van der Waals surface area contributed by atoms with Gasteiger partial charge in [-0.05, 0) is 67.6 Å². The molecule has 4 rings (SSSR count). The van der Waals surface area contributed by atoms with Gasteiger partial charge in [-0.25, -0.2) is 9.18 Å². The lowest BCUT2D eigenvalue weighted by molar-refractivity contribution is -0.142. The van der Waals surface area contributed by atoms with E-state index in [2.05, 4.69) is 31.3 Å². The van der Waals surface area contributed by atoms with E-state index in [1.807, 2.05) is 55.5 Å². The van der Waals surface area contributed by atoms with E-state index in [4.69, 9.17) is 16.3 Å². The van der Waals surface area contributed by atoms with Crippen LogP contribution in [0.3, 0.4) is 0 Å². The maximum absolute atomic E-state index is 15.3. The van der Waals surface area contributed by atoms with Crippen LogP contribution in [0, 0.1) is 32.0 Å². The van der Waals surface area contributed by atoms with Crippen LogP contribution in [-0.2, 0) is 11.3 Å². The largest absolute Gasteiger partial charge is 0.478 e. The van der Waals surface area contributed by atoms with E-state index in [1.54, 1.807) is 18.2 Å². The van der Waals surface area contributed by atoms with Crippen LogP contribution < -0.4 is 10.1 Å². The summed E-state index contributed by atoms with van der Waals surface area (Å²) in [6.45, 7) is 10.3. The molecule has 0 fully saturated rings. The Bertz CT molecular complexity index is 1630. The van der Waals surface area contributed by atoms with Crippen LogP contribution in [-0.4, -0.2) is 27.7 Å². The summed E-state index contributed by atoms with van der Waals surface area (Å²) in [4.78, 5) is 24.4. The number of ether oxygens (including phenoxy) is 1. The lowest BCUT2D eigenvalue weighted by Gasteiger charge is -2.17. The molecule has 0 radical (unpaired) electrons. The molecule has 4 aromatic rings. The zero-order valence-corrected chi connectivity index (χ0v) is 23.3. The van der Waals surface area contributed by atoms with E-state index in [-0.39, 0.29) is 24.2 Å². The van der Waals surface area contributed by atoms with Crippen LogP contribution >= 0.6 is 0 Å². The molecule has 2 atom stereocenters. The molecule has 206 valence electrons. The van der Waals surface area contributed by atoms with Crippen LogP contribution in [0.15, 0.2) is 60.7 Å². The molecule has 2 N–H and O–H groups in total. The first-order valence-corrected chi connectivity index (χ1v) is 13.1. The quantitative estimate of drug-likeness (QED) is 0.237. The van der Waals surface area contributed by atoms with Gasteiger partial charge < -0.3 is 19.7 Å². The molecule has 1 amide bonds. The number of terminal acetylenes is 1. The van der Waals surface area contributed by atoms with Crippen LogP contribution in [0.4, 0.5) is 4.39 Å². The molecule has 40 heavy (non-hydrogen) atoms. The van der Waals surface area contributed by atoms with Gasteiger partial charge in [0, 0.05) is 27.7 Å². The zero-order valence-electron chi connectivity index (χ0n) is 23.3. The Hall–Kier alpha value is -4.57. The van der Waals surface area contributed by atoms with Gasteiger partial charge in [-0.2, -0.15) is 0 Å². The molecule has 7 heteroatoms. The van der Waals surface area contributed by atoms with Gasteiger partial charge in [0.1, 0.15) is 0 Å². The van der Waals surface area contributed by atoms with Gasteiger partial charge in [0.15, 0.2) is 11.6 Å². The van der Waals surface area contributed by atoms with Crippen molar-refractivity contribution in [2.75, 3.05) is 0 Å². The number of amides is 1. The number of fused-ring (bicyclic) bond motifs is 1. The van der Waals surface area contributed by atoms with Crippen LogP contribution in [0.1, 0.15) is 71.0 Å². The number of hydrogen-bond acceptors (Lipinski definition) is 3. The first kappa shape index (κ1) is 28.4. The van der Waals surface area contributed by atoms with Gasteiger partial charge in [-0.15, -0.1) is 6.42 Å². The van der Waals surface area contributed by atoms with Crippen LogP contribution in [0.25, 0.3) is 10.9 Å². The number of benzene rings is 3. The molecule has 0 bridgehead atoms. The Labute approximate surface area is 233 Å². The first-order chi connectivity index (χ1) is 19.0. The topological polar surface area (TPSA) is 80.6 Å². The minimum absolute atomic E-state index is 0.165. The summed E-state index contributed by atoms with van der Waals surface area (Å²) in [5.74, 6) is -0.0395. The van der Waals surface area contributed by atoms with Crippen LogP contribution in [0.2, 0.25) is 0 Å². The minimum atomic E-state index is -1.59. The number of nitrogens with zero attached hydrogens (tertiary/aromatic N) is 1. The lowest BCUT2D eigenvalue weighted by atomic mass is 9.98. The fraction of sp³-hybridized carbons (Fsp3) is 0.273. The third-order valence-electron chi connectivity index (χ3n) is 7.32. The number of aryl methyl sites for hydroxylation is 1. The molecule has 6 nitrogen and oxygen atoms in total. The molecular weight excluding hydrogens is 507 g/mol. The third kappa shape index (κ3) is 5.72. The van der Waals surface area contributed by atoms with Gasteiger partial charge in [-0.1, -0.05) is 56.2 Å². The zero-order chi connectivity index (χ0) is 29.1. The molecule has 0 saturated carbocycles. The second kappa shape index (κ2) is 11.7. The molecule has 1 aromatic heterocycles. The SMILES string of the molecule is C#C[C@H](Oc1cccc(Cn2c(C)c(C)c3cc(C(=O)N[C@@H](C)c4cccc(C(C)C)c4)ccc32)c1F)C(=O)O. The van der Waals surface area contributed by atoms with Crippen molar-refractivity contribution in [1.82, 2.24) is 9.88 Å². The molecule has 0 aliphatic carbocycles. The summed E-state index contributed by atoms with van der Waals surface area (Å²) in [7, 11) is 0. The van der Waals surface area contributed by atoms with E-state index >= 15 is 4.39 Å². The lowest BCUT2D eigenvalue weighted by Crippen LogP contribution is -2.26. The molecule has 0 unspecified atom stereocenters. The van der Waals surface area contributed by atoms with Crippen molar-refractivity contribution in [3.8, 4) is 18.1 Å². The normalized spacial score (nSPS) is 12.7. The highest BCUT2D eigenvalue weighted by molar-refractivity contribution is 5.99. The summed E-state index contributed by atoms with van der Waals surface area (Å²) in [6.07, 6.45) is 3.62. The van der Waals surface area contributed by atoms with Crippen molar-refractivity contribution >= 4 is 22.8 Å². The predicted octanol–water partition coefficient (Wildman–Crippen LogP) is 6.53. The number of aliphatic carboxylic acids is 1. The van der Waals surface area contributed by atoms with Crippen molar-refractivity contribution in [2.45, 2.75) is 59.2 Å². The minimum Gasteiger partial charge on any atom is -0.478 e. The average Bonchev–Trinajstić information content (AvgIpc) is 3.17. The Morgan fingerprint density at radius 1 is 1.05 bits per heavy atom. The number of carboxylic acid groups (broad SMARTS) is 1. The van der Waals surface area contributed by atoms with Gasteiger partial charge in [0.05, 0.1) is 12.6 Å². The summed E-state index contributed by atoms with van der Waals surface area (Å²) in [6, 6.07) is 18.1. The Morgan fingerprint density at radius 2 is 1.75 bits per heavy atom. The van der Waals surface area contributed by atoms with E-state index in [0.29, 0.717) is 17.0 Å². The maximum Gasteiger partial charge on any atom is 0.357 e. The number of carbonyl (C=O) groups is 2. The fourth-order valence-corrected chi connectivity index (χ4v) is 4.77. The Morgan fingerprint density at radius 3 is 2.42 bits per heavy atom.